The Morgan fingerprint density at radius 1 is 0.875 bits per heavy atom. The molecule has 2 N–H and O–H groups in total. The second-order valence-electron chi connectivity index (χ2n) is 12.7. The van der Waals surface area contributed by atoms with Crippen LogP contribution in [0, 0.1) is 6.92 Å². The standard InChI is InChI=1S/C38H43N3O6S/c1-28-10-9-25-41(28,38(43)44)37(42)16-7-13-30-17-21-33(22-18-30)47-34-23-19-32(20-24-34)27-40(26-31-11-5-4-6-12-31)36-15-8-14-35(29(36)2)39-48(3,45)46/h4-6,8,11-12,14-15,17-24,28,39H,7,9-10,13,16,25-27H2,1-3H3/p+1/t28-,41?/m1/s1. The Bertz CT molecular complexity index is 1830. The molecule has 9 nitrogen and oxygen atoms in total. The number of anilines is 2. The zero-order valence-electron chi connectivity index (χ0n) is 27.8. The lowest BCUT2D eigenvalue weighted by atomic mass is 10.1. The van der Waals surface area contributed by atoms with Crippen molar-refractivity contribution in [1.82, 2.24) is 0 Å². The molecule has 1 saturated heterocycles. The van der Waals surface area contributed by atoms with Gasteiger partial charge in [0.15, 0.2) is 0 Å². The first-order valence-corrected chi connectivity index (χ1v) is 18.2. The summed E-state index contributed by atoms with van der Waals surface area (Å²) in [5.74, 6) is 1.19. The minimum Gasteiger partial charge on any atom is -0.457 e. The molecule has 252 valence electrons. The molecule has 10 heteroatoms. The number of amides is 2. The minimum absolute atomic E-state index is 0.179. The van der Waals surface area contributed by atoms with Gasteiger partial charge in [-0.3, -0.25) is 4.72 Å². The molecule has 2 amide bonds. The molecule has 2 atom stereocenters. The zero-order chi connectivity index (χ0) is 34.3. The highest BCUT2D eigenvalue weighted by atomic mass is 32.2. The molecule has 0 bridgehead atoms. The molecule has 1 fully saturated rings. The summed E-state index contributed by atoms with van der Waals surface area (Å²) in [5.41, 5.74) is 5.61. The second kappa shape index (κ2) is 15.0. The van der Waals surface area contributed by atoms with Gasteiger partial charge in [0.05, 0.1) is 24.9 Å². The van der Waals surface area contributed by atoms with E-state index in [9.17, 15) is 23.1 Å². The van der Waals surface area contributed by atoms with E-state index in [-0.39, 0.29) is 18.4 Å². The van der Waals surface area contributed by atoms with Crippen LogP contribution in [0.4, 0.5) is 16.2 Å². The summed E-state index contributed by atoms with van der Waals surface area (Å²) in [6.45, 7) is 5.40. The summed E-state index contributed by atoms with van der Waals surface area (Å²) >= 11 is 0. The van der Waals surface area contributed by atoms with Crippen molar-refractivity contribution < 1.29 is 32.3 Å². The van der Waals surface area contributed by atoms with Crippen LogP contribution < -0.4 is 14.4 Å². The van der Waals surface area contributed by atoms with Gasteiger partial charge in [-0.25, -0.2) is 13.2 Å². The second-order valence-corrected chi connectivity index (χ2v) is 14.4. The van der Waals surface area contributed by atoms with E-state index in [0.717, 1.165) is 47.0 Å². The SMILES string of the molecule is Cc1c(NS(C)(=O)=O)cccc1N(Cc1ccccc1)Cc1ccc(Oc2ccc(CCCC(=O)[N+]3(C(=O)O)CCC[C@H]3C)cc2)cc1. The molecule has 5 rings (SSSR count). The summed E-state index contributed by atoms with van der Waals surface area (Å²) in [6.07, 6.45) is 3.16. The molecule has 0 radical (unpaired) electrons. The maximum absolute atomic E-state index is 12.9. The molecule has 1 aliphatic heterocycles. The smallest absolute Gasteiger partial charge is 0.457 e. The number of hydrogen-bond acceptors (Lipinski definition) is 6. The average Bonchev–Trinajstić information content (AvgIpc) is 3.45. The lowest BCUT2D eigenvalue weighted by Gasteiger charge is -2.29. The quantitative estimate of drug-likeness (QED) is 0.139. The highest BCUT2D eigenvalue weighted by molar-refractivity contribution is 7.92. The molecule has 1 aliphatic rings. The van der Waals surface area contributed by atoms with Gasteiger partial charge in [0.1, 0.15) is 17.5 Å². The van der Waals surface area contributed by atoms with Crippen molar-refractivity contribution in [2.45, 2.75) is 65.1 Å². The molecular formula is C38H44N3O6S+. The Morgan fingerprint density at radius 2 is 1.48 bits per heavy atom. The maximum Gasteiger partial charge on any atom is 0.521 e. The number of ether oxygens (including phenoxy) is 1. The Hall–Kier alpha value is -4.67. The van der Waals surface area contributed by atoms with Gasteiger partial charge in [0.2, 0.25) is 10.0 Å². The normalized spacial score (nSPS) is 17.5. The number of quaternary nitrogens is 1. The predicted octanol–water partition coefficient (Wildman–Crippen LogP) is 7.89. The lowest BCUT2D eigenvalue weighted by Crippen LogP contribution is -2.58. The number of nitrogens with one attached hydrogen (secondary N) is 1. The van der Waals surface area contributed by atoms with Gasteiger partial charge in [0, 0.05) is 31.6 Å². The third-order valence-electron chi connectivity index (χ3n) is 9.14. The van der Waals surface area contributed by atoms with Crippen LogP contribution in [0.25, 0.3) is 0 Å². The van der Waals surface area contributed by atoms with Crippen molar-refractivity contribution in [1.29, 1.82) is 0 Å². The van der Waals surface area contributed by atoms with E-state index < -0.39 is 20.6 Å². The molecule has 0 spiro atoms. The van der Waals surface area contributed by atoms with Gasteiger partial charge < -0.3 is 14.7 Å². The van der Waals surface area contributed by atoms with E-state index in [0.29, 0.717) is 49.7 Å². The highest BCUT2D eigenvalue weighted by Crippen LogP contribution is 2.32. The van der Waals surface area contributed by atoms with Crippen LogP contribution in [-0.2, 0) is 34.3 Å². The van der Waals surface area contributed by atoms with Gasteiger partial charge in [-0.15, -0.1) is 0 Å². The minimum atomic E-state index is -3.42. The van der Waals surface area contributed by atoms with Crippen LogP contribution in [0.3, 0.4) is 0 Å². The molecule has 0 aromatic heterocycles. The first-order chi connectivity index (χ1) is 22.9. The van der Waals surface area contributed by atoms with E-state index in [1.807, 2.05) is 92.7 Å². The number of likely N-dealkylation sites (tertiary alicyclic amines) is 1. The van der Waals surface area contributed by atoms with Gasteiger partial charge in [0.25, 0.3) is 0 Å². The summed E-state index contributed by atoms with van der Waals surface area (Å²) in [5, 5.41) is 9.79. The third-order valence-corrected chi connectivity index (χ3v) is 9.73. The van der Waals surface area contributed by atoms with Crippen LogP contribution in [0.5, 0.6) is 11.5 Å². The fourth-order valence-corrected chi connectivity index (χ4v) is 7.15. The number of sulfonamides is 1. The predicted molar refractivity (Wildman–Crippen MR) is 189 cm³/mol. The molecular weight excluding hydrogens is 627 g/mol. The first kappa shape index (κ1) is 34.7. The monoisotopic (exact) mass is 670 g/mol. The Morgan fingerprint density at radius 3 is 2.04 bits per heavy atom. The highest BCUT2D eigenvalue weighted by Gasteiger charge is 2.52. The van der Waals surface area contributed by atoms with E-state index in [2.05, 4.69) is 21.8 Å². The van der Waals surface area contributed by atoms with E-state index in [1.165, 1.54) is 0 Å². The van der Waals surface area contributed by atoms with Gasteiger partial charge in [-0.2, -0.15) is 9.28 Å². The van der Waals surface area contributed by atoms with E-state index in [1.54, 1.807) is 6.07 Å². The number of nitrogens with zero attached hydrogens (tertiary/aromatic N) is 2. The average molecular weight is 671 g/mol. The first-order valence-electron chi connectivity index (χ1n) is 16.3. The number of carbonyl (C=O) groups is 2. The van der Waals surface area contributed by atoms with Crippen molar-refractivity contribution in [3.63, 3.8) is 0 Å². The number of imide groups is 1. The van der Waals surface area contributed by atoms with Crippen LogP contribution in [0.15, 0.2) is 97.1 Å². The number of benzene rings is 4. The molecule has 1 unspecified atom stereocenters. The Balaban J connectivity index is 1.21. The van der Waals surface area contributed by atoms with Crippen molar-refractivity contribution >= 4 is 33.4 Å². The summed E-state index contributed by atoms with van der Waals surface area (Å²) in [6, 6.07) is 31.3. The largest absolute Gasteiger partial charge is 0.521 e. The number of aryl methyl sites for hydroxylation is 1. The van der Waals surface area contributed by atoms with Gasteiger partial charge >= 0.3 is 12.0 Å². The van der Waals surface area contributed by atoms with Crippen molar-refractivity contribution in [3.8, 4) is 11.5 Å². The van der Waals surface area contributed by atoms with E-state index in [4.69, 9.17) is 4.74 Å². The van der Waals surface area contributed by atoms with E-state index >= 15 is 0 Å². The van der Waals surface area contributed by atoms with Crippen LogP contribution in [0.1, 0.15) is 54.9 Å². The molecule has 4 aromatic carbocycles. The fourth-order valence-electron chi connectivity index (χ4n) is 6.53. The third kappa shape index (κ3) is 8.42. The fraction of sp³-hybridized carbons (Fsp3) is 0.316. The Kier molecular flexibility index (Phi) is 10.9. The summed E-state index contributed by atoms with van der Waals surface area (Å²) in [4.78, 5) is 27.1. The molecule has 4 aromatic rings. The molecule has 48 heavy (non-hydrogen) atoms. The van der Waals surface area contributed by atoms with Crippen LogP contribution in [0.2, 0.25) is 0 Å². The number of hydrogen-bond donors (Lipinski definition) is 2. The number of carbonyl (C=O) groups excluding carboxylic acids is 1. The molecule has 0 saturated carbocycles. The molecule has 0 aliphatic carbocycles. The summed E-state index contributed by atoms with van der Waals surface area (Å²) < 4.78 is 32.3. The summed E-state index contributed by atoms with van der Waals surface area (Å²) in [7, 11) is -3.42. The number of rotatable bonds is 13. The maximum atomic E-state index is 12.9. The van der Waals surface area contributed by atoms with Crippen LogP contribution in [-0.4, -0.2) is 48.9 Å². The van der Waals surface area contributed by atoms with Crippen LogP contribution >= 0.6 is 0 Å². The van der Waals surface area contributed by atoms with Gasteiger partial charge in [-0.1, -0.05) is 60.7 Å². The Labute approximate surface area is 283 Å². The lowest BCUT2D eigenvalue weighted by molar-refractivity contribution is -0.792. The number of carboxylic acid groups (broad SMARTS) is 1. The van der Waals surface area contributed by atoms with Crippen molar-refractivity contribution in [2.24, 2.45) is 0 Å². The van der Waals surface area contributed by atoms with Gasteiger partial charge in [-0.05, 0) is 85.3 Å². The van der Waals surface area contributed by atoms with Crippen molar-refractivity contribution in [2.75, 3.05) is 22.4 Å². The zero-order valence-corrected chi connectivity index (χ0v) is 28.6. The topological polar surface area (TPSA) is 113 Å². The van der Waals surface area contributed by atoms with Crippen molar-refractivity contribution in [3.05, 3.63) is 119 Å². The molecule has 1 heterocycles.